The number of Topliss-reactive ketones (excluding diaryl/α,β-unsaturated/α-hetero) is 1. The molecule has 0 unspecified atom stereocenters. The van der Waals surface area contributed by atoms with Crippen molar-refractivity contribution in [1.82, 2.24) is 4.98 Å². The largest absolute Gasteiger partial charge is 0.381 e. The van der Waals surface area contributed by atoms with Gasteiger partial charge in [-0.15, -0.1) is 0 Å². The highest BCUT2D eigenvalue weighted by molar-refractivity contribution is 6.02. The van der Waals surface area contributed by atoms with Crippen LogP contribution in [0.1, 0.15) is 28.9 Å². The summed E-state index contributed by atoms with van der Waals surface area (Å²) in [5.41, 5.74) is 1.12. The number of hydrogen-bond acceptors (Lipinski definition) is 3. The lowest BCUT2D eigenvalue weighted by molar-refractivity contribution is 0.0420. The van der Waals surface area contributed by atoms with E-state index in [0.29, 0.717) is 31.7 Å². The van der Waals surface area contributed by atoms with Crippen LogP contribution in [-0.4, -0.2) is 24.0 Å². The van der Waals surface area contributed by atoms with Gasteiger partial charge < -0.3 is 4.74 Å². The number of ketones is 1. The minimum Gasteiger partial charge on any atom is -0.381 e. The van der Waals surface area contributed by atoms with Crippen molar-refractivity contribution >= 4 is 5.78 Å². The second-order valence-electron chi connectivity index (χ2n) is 5.10. The van der Waals surface area contributed by atoms with E-state index in [9.17, 15) is 4.79 Å². The van der Waals surface area contributed by atoms with Crippen LogP contribution in [0.5, 0.6) is 0 Å². The van der Waals surface area contributed by atoms with E-state index in [1.165, 1.54) is 0 Å². The summed E-state index contributed by atoms with van der Waals surface area (Å²) in [7, 11) is 0. The van der Waals surface area contributed by atoms with Gasteiger partial charge in [0.1, 0.15) is 5.69 Å². The molecule has 1 aliphatic rings. The molecule has 0 N–H and O–H groups in total. The highest BCUT2D eigenvalue weighted by Crippen LogP contribution is 2.37. The standard InChI is InChI=1S/C17H17NO2/c19-16(15-8-4-5-11-18-15)17(9-12-20-13-10-17)14-6-2-1-3-7-14/h1-8,11H,9-10,12-13H2. The monoisotopic (exact) mass is 267 g/mol. The predicted octanol–water partition coefficient (Wildman–Crippen LogP) is 3.01. The first-order valence-electron chi connectivity index (χ1n) is 6.92. The van der Waals surface area contributed by atoms with Gasteiger partial charge in [-0.25, -0.2) is 0 Å². The highest BCUT2D eigenvalue weighted by Gasteiger charge is 2.42. The van der Waals surface area contributed by atoms with Gasteiger partial charge in [-0.05, 0) is 30.5 Å². The van der Waals surface area contributed by atoms with Crippen LogP contribution in [0.25, 0.3) is 0 Å². The molecule has 20 heavy (non-hydrogen) atoms. The van der Waals surface area contributed by atoms with Crippen LogP contribution >= 0.6 is 0 Å². The fourth-order valence-electron chi connectivity index (χ4n) is 2.87. The first-order chi connectivity index (χ1) is 9.83. The second kappa shape index (κ2) is 5.55. The van der Waals surface area contributed by atoms with Gasteiger partial charge in [-0.3, -0.25) is 9.78 Å². The molecule has 3 nitrogen and oxygen atoms in total. The Labute approximate surface area is 118 Å². The van der Waals surface area contributed by atoms with Gasteiger partial charge in [0.05, 0.1) is 5.41 Å². The summed E-state index contributed by atoms with van der Waals surface area (Å²) in [5, 5.41) is 0. The maximum absolute atomic E-state index is 13.0. The van der Waals surface area contributed by atoms with E-state index in [4.69, 9.17) is 4.74 Å². The molecule has 0 atom stereocenters. The Morgan fingerprint density at radius 1 is 1.00 bits per heavy atom. The molecule has 0 spiro atoms. The smallest absolute Gasteiger partial charge is 0.191 e. The van der Waals surface area contributed by atoms with E-state index in [-0.39, 0.29) is 5.78 Å². The lowest BCUT2D eigenvalue weighted by Gasteiger charge is -2.36. The fraction of sp³-hybridized carbons (Fsp3) is 0.294. The van der Waals surface area contributed by atoms with Gasteiger partial charge in [0.25, 0.3) is 0 Å². The molecule has 2 heterocycles. The van der Waals surface area contributed by atoms with E-state index < -0.39 is 5.41 Å². The van der Waals surface area contributed by atoms with E-state index in [0.717, 1.165) is 5.56 Å². The molecule has 1 aromatic heterocycles. The van der Waals surface area contributed by atoms with E-state index >= 15 is 0 Å². The van der Waals surface area contributed by atoms with Crippen LogP contribution < -0.4 is 0 Å². The van der Waals surface area contributed by atoms with Gasteiger partial charge >= 0.3 is 0 Å². The molecule has 1 aromatic carbocycles. The van der Waals surface area contributed by atoms with Crippen molar-refractivity contribution < 1.29 is 9.53 Å². The van der Waals surface area contributed by atoms with Crippen molar-refractivity contribution in [3.63, 3.8) is 0 Å². The molecule has 0 radical (unpaired) electrons. The second-order valence-corrected chi connectivity index (χ2v) is 5.10. The fourth-order valence-corrected chi connectivity index (χ4v) is 2.87. The molecule has 3 heteroatoms. The van der Waals surface area contributed by atoms with E-state index in [1.807, 2.05) is 42.5 Å². The zero-order valence-corrected chi connectivity index (χ0v) is 11.3. The van der Waals surface area contributed by atoms with Crippen molar-refractivity contribution in [3.8, 4) is 0 Å². The first-order valence-corrected chi connectivity index (χ1v) is 6.92. The third-order valence-corrected chi connectivity index (χ3v) is 4.00. The predicted molar refractivity (Wildman–Crippen MR) is 76.7 cm³/mol. The molecule has 3 rings (SSSR count). The number of ether oxygens (including phenoxy) is 1. The van der Waals surface area contributed by atoms with Crippen molar-refractivity contribution in [1.29, 1.82) is 0 Å². The molecule has 102 valence electrons. The van der Waals surface area contributed by atoms with Crippen LogP contribution in [0.4, 0.5) is 0 Å². The summed E-state index contributed by atoms with van der Waals surface area (Å²) in [4.78, 5) is 17.2. The maximum Gasteiger partial charge on any atom is 0.191 e. The van der Waals surface area contributed by atoms with E-state index in [2.05, 4.69) is 4.98 Å². The Hall–Kier alpha value is -2.00. The van der Waals surface area contributed by atoms with E-state index in [1.54, 1.807) is 12.3 Å². The SMILES string of the molecule is O=C(c1ccccn1)C1(c2ccccc2)CCOCC1. The van der Waals surface area contributed by atoms with Crippen LogP contribution in [0.2, 0.25) is 0 Å². The van der Waals surface area contributed by atoms with Crippen LogP contribution in [0.3, 0.4) is 0 Å². The lowest BCUT2D eigenvalue weighted by Crippen LogP contribution is -2.41. The number of carbonyl (C=O) groups excluding carboxylic acids is 1. The van der Waals surface area contributed by atoms with Crippen LogP contribution in [-0.2, 0) is 10.2 Å². The van der Waals surface area contributed by atoms with Gasteiger partial charge in [0.2, 0.25) is 0 Å². The zero-order chi connectivity index (χ0) is 13.8. The van der Waals surface area contributed by atoms with Gasteiger partial charge in [0, 0.05) is 19.4 Å². The lowest BCUT2D eigenvalue weighted by atomic mass is 9.70. The van der Waals surface area contributed by atoms with Gasteiger partial charge in [-0.2, -0.15) is 0 Å². The Kier molecular flexibility index (Phi) is 3.61. The molecule has 2 aromatic rings. The highest BCUT2D eigenvalue weighted by atomic mass is 16.5. The average molecular weight is 267 g/mol. The minimum atomic E-state index is -0.492. The van der Waals surface area contributed by atoms with Gasteiger partial charge in [-0.1, -0.05) is 36.4 Å². The normalized spacial score (nSPS) is 17.6. The van der Waals surface area contributed by atoms with Gasteiger partial charge in [0.15, 0.2) is 5.78 Å². The minimum absolute atomic E-state index is 0.104. The third kappa shape index (κ3) is 2.25. The zero-order valence-electron chi connectivity index (χ0n) is 11.3. The number of carbonyl (C=O) groups is 1. The van der Waals surface area contributed by atoms with Crippen molar-refractivity contribution in [2.75, 3.05) is 13.2 Å². The molecule has 0 amide bonds. The summed E-state index contributed by atoms with van der Waals surface area (Å²) in [6.45, 7) is 1.24. The molecule has 1 fully saturated rings. The quantitative estimate of drug-likeness (QED) is 0.802. The van der Waals surface area contributed by atoms with Crippen molar-refractivity contribution in [2.24, 2.45) is 0 Å². The Balaban J connectivity index is 2.05. The number of pyridine rings is 1. The number of benzene rings is 1. The summed E-state index contributed by atoms with van der Waals surface area (Å²) in [6, 6.07) is 15.5. The molecular formula is C17H17NO2. The summed E-state index contributed by atoms with van der Waals surface area (Å²) in [6.07, 6.45) is 3.10. The number of rotatable bonds is 3. The third-order valence-electron chi connectivity index (χ3n) is 4.00. The summed E-state index contributed by atoms with van der Waals surface area (Å²) < 4.78 is 5.46. The number of nitrogens with zero attached hydrogens (tertiary/aromatic N) is 1. The Morgan fingerprint density at radius 2 is 1.70 bits per heavy atom. The average Bonchev–Trinajstić information content (AvgIpc) is 2.56. The topological polar surface area (TPSA) is 39.2 Å². The van der Waals surface area contributed by atoms with Crippen molar-refractivity contribution in [3.05, 3.63) is 66.0 Å². The molecule has 0 saturated carbocycles. The van der Waals surface area contributed by atoms with Crippen LogP contribution in [0.15, 0.2) is 54.7 Å². The first kappa shape index (κ1) is 13.0. The molecule has 0 aliphatic carbocycles. The molecule has 1 aliphatic heterocycles. The summed E-state index contributed by atoms with van der Waals surface area (Å²) in [5.74, 6) is 0.104. The molecular weight excluding hydrogens is 250 g/mol. The Morgan fingerprint density at radius 3 is 2.35 bits per heavy atom. The summed E-state index contributed by atoms with van der Waals surface area (Å²) >= 11 is 0. The number of hydrogen-bond donors (Lipinski definition) is 0. The number of aromatic nitrogens is 1. The Bertz CT molecular complexity index is 574. The maximum atomic E-state index is 13.0. The van der Waals surface area contributed by atoms with Crippen molar-refractivity contribution in [2.45, 2.75) is 18.3 Å². The molecule has 0 bridgehead atoms. The van der Waals surface area contributed by atoms with Crippen LogP contribution in [0, 0.1) is 0 Å². The molecule has 1 saturated heterocycles.